The van der Waals surface area contributed by atoms with E-state index < -0.39 is 5.97 Å². The van der Waals surface area contributed by atoms with Crippen molar-refractivity contribution in [3.63, 3.8) is 0 Å². The molecular weight excluding hydrogens is 310 g/mol. The van der Waals surface area contributed by atoms with Gasteiger partial charge in [-0.1, -0.05) is 23.4 Å². The molecule has 0 bridgehead atoms. The fourth-order valence-corrected chi connectivity index (χ4v) is 0.994. The highest BCUT2D eigenvalue weighted by atomic mass is 79.9. The molecule has 0 amide bonds. The lowest BCUT2D eigenvalue weighted by atomic mass is 10.3. The van der Waals surface area contributed by atoms with Gasteiger partial charge in [0, 0.05) is 20.3 Å². The number of hydrogen-bond donors (Lipinski definition) is 1. The number of hydrogen-bond acceptors (Lipinski definition) is 2. The van der Waals surface area contributed by atoms with Crippen molar-refractivity contribution >= 4 is 34.3 Å². The van der Waals surface area contributed by atoms with Crippen molar-refractivity contribution < 1.29 is 19.1 Å². The number of carboxylic acids is 1. The Morgan fingerprint density at radius 3 is 1.63 bits per heavy atom. The molecule has 5 nitrogen and oxygen atoms in total. The second-order valence-corrected chi connectivity index (χ2v) is 4.87. The van der Waals surface area contributed by atoms with E-state index in [0.29, 0.717) is 0 Å². The standard InChI is InChI=1S/C10H21N3.C2H3BrO2.CH4/c1-11(2)7-10(8-12(3)4)9-13(5)6;3-1-2(4)5;/h7-9H,1-6H3;1H2,(H,4,5);1H4/q+2;;. The van der Waals surface area contributed by atoms with Crippen LogP contribution in [0.1, 0.15) is 7.43 Å². The van der Waals surface area contributed by atoms with Crippen LogP contribution in [0.4, 0.5) is 0 Å². The molecular formula is C13H28BrN3O2+2. The van der Waals surface area contributed by atoms with Crippen molar-refractivity contribution in [3.05, 3.63) is 11.8 Å². The monoisotopic (exact) mass is 337 g/mol. The molecule has 0 spiro atoms. The summed E-state index contributed by atoms with van der Waals surface area (Å²) in [6.07, 6.45) is 6.25. The topological polar surface area (TPSA) is 46.6 Å². The average Bonchev–Trinajstić information content (AvgIpc) is 2.14. The summed E-state index contributed by atoms with van der Waals surface area (Å²) in [4.78, 5) is 11.4. The van der Waals surface area contributed by atoms with Gasteiger partial charge in [-0.3, -0.25) is 4.79 Å². The number of allylic oxidation sites excluding steroid dienone is 1. The van der Waals surface area contributed by atoms with Gasteiger partial charge in [-0.15, -0.1) is 0 Å². The minimum Gasteiger partial charge on any atom is -0.481 e. The second-order valence-electron chi connectivity index (χ2n) is 4.31. The van der Waals surface area contributed by atoms with E-state index in [1.165, 1.54) is 5.57 Å². The number of aliphatic carboxylic acids is 1. The SMILES string of the molecule is C.CN(C)C=C(C=[N+](C)C)C=[N+](C)C.O=C(O)CBr. The molecule has 1 N–H and O–H groups in total. The molecule has 112 valence electrons. The molecule has 0 aromatic rings. The predicted molar refractivity (Wildman–Crippen MR) is 86.3 cm³/mol. The van der Waals surface area contributed by atoms with Gasteiger partial charge in [-0.25, -0.2) is 9.15 Å². The Kier molecular flexibility index (Phi) is 16.0. The zero-order valence-corrected chi connectivity index (χ0v) is 13.6. The lowest BCUT2D eigenvalue weighted by molar-refractivity contribution is -0.462. The van der Waals surface area contributed by atoms with Crippen LogP contribution in [0.5, 0.6) is 0 Å². The molecule has 6 heteroatoms. The fraction of sp³-hybridized carbons (Fsp3) is 0.615. The van der Waals surface area contributed by atoms with Crippen LogP contribution in [0, 0.1) is 0 Å². The van der Waals surface area contributed by atoms with Gasteiger partial charge in [0.2, 0.25) is 0 Å². The molecule has 0 fully saturated rings. The van der Waals surface area contributed by atoms with Crippen LogP contribution in [-0.4, -0.2) is 85.2 Å². The van der Waals surface area contributed by atoms with Gasteiger partial charge in [0.25, 0.3) is 0 Å². The second kappa shape index (κ2) is 13.3. The largest absolute Gasteiger partial charge is 0.481 e. The van der Waals surface area contributed by atoms with E-state index >= 15 is 0 Å². The highest BCUT2D eigenvalue weighted by molar-refractivity contribution is 9.09. The van der Waals surface area contributed by atoms with Crippen LogP contribution in [-0.2, 0) is 4.79 Å². The molecule has 0 heterocycles. The van der Waals surface area contributed by atoms with Crippen LogP contribution >= 0.6 is 15.9 Å². The van der Waals surface area contributed by atoms with Gasteiger partial charge in [0.15, 0.2) is 12.4 Å². The normalized spacial score (nSPS) is 7.95. The molecule has 0 radical (unpaired) electrons. The quantitative estimate of drug-likeness (QED) is 0.476. The highest BCUT2D eigenvalue weighted by Crippen LogP contribution is 1.87. The van der Waals surface area contributed by atoms with Gasteiger partial charge in [0.05, 0.1) is 0 Å². The minimum atomic E-state index is -0.829. The molecule has 0 saturated carbocycles. The van der Waals surface area contributed by atoms with E-state index in [4.69, 9.17) is 5.11 Å². The molecule has 19 heavy (non-hydrogen) atoms. The maximum atomic E-state index is 9.32. The van der Waals surface area contributed by atoms with Gasteiger partial charge in [-0.05, 0) is 0 Å². The number of carbonyl (C=O) groups is 1. The zero-order valence-electron chi connectivity index (χ0n) is 12.0. The number of alkyl halides is 1. The Hall–Kier alpha value is -1.17. The lowest BCUT2D eigenvalue weighted by Crippen LogP contribution is -2.11. The molecule has 0 aromatic carbocycles. The van der Waals surface area contributed by atoms with Gasteiger partial charge < -0.3 is 10.0 Å². The number of nitrogens with zero attached hydrogens (tertiary/aromatic N) is 3. The first kappa shape index (κ1) is 23.0. The fourth-order valence-electron chi connectivity index (χ4n) is 0.994. The Morgan fingerprint density at radius 1 is 1.16 bits per heavy atom. The number of rotatable bonds is 4. The molecule has 0 atom stereocenters. The van der Waals surface area contributed by atoms with Crippen molar-refractivity contribution in [1.29, 1.82) is 0 Å². The van der Waals surface area contributed by atoms with Crippen molar-refractivity contribution in [1.82, 2.24) is 4.90 Å². The third-order valence-electron chi connectivity index (χ3n) is 1.34. The summed E-state index contributed by atoms with van der Waals surface area (Å²) in [5, 5.41) is 7.71. The zero-order chi connectivity index (χ0) is 14.7. The van der Waals surface area contributed by atoms with E-state index in [9.17, 15) is 4.79 Å². The Labute approximate surface area is 125 Å². The molecule has 0 aliphatic carbocycles. The third-order valence-corrected chi connectivity index (χ3v) is 1.82. The Morgan fingerprint density at radius 2 is 1.47 bits per heavy atom. The molecule has 0 unspecified atom stereocenters. The van der Waals surface area contributed by atoms with Crippen LogP contribution in [0.2, 0.25) is 0 Å². The van der Waals surface area contributed by atoms with E-state index in [1.54, 1.807) is 0 Å². The molecule has 0 aliphatic rings. The van der Waals surface area contributed by atoms with Gasteiger partial charge in [-0.2, -0.15) is 0 Å². The summed E-state index contributed by atoms with van der Waals surface area (Å²) < 4.78 is 4.07. The number of halogens is 1. The van der Waals surface area contributed by atoms with Crippen LogP contribution in [0.15, 0.2) is 11.8 Å². The summed E-state index contributed by atoms with van der Waals surface area (Å²) in [7, 11) is 12.1. The summed E-state index contributed by atoms with van der Waals surface area (Å²) in [5.74, 6) is -0.829. The smallest absolute Gasteiger partial charge is 0.314 e. The van der Waals surface area contributed by atoms with Crippen LogP contribution in [0.3, 0.4) is 0 Å². The maximum absolute atomic E-state index is 9.32. The molecule has 0 rings (SSSR count). The average molecular weight is 338 g/mol. The highest BCUT2D eigenvalue weighted by Gasteiger charge is 1.99. The molecule has 0 saturated heterocycles. The summed E-state index contributed by atoms with van der Waals surface area (Å²) in [6, 6.07) is 0. The maximum Gasteiger partial charge on any atom is 0.314 e. The molecule has 0 aromatic heterocycles. The van der Waals surface area contributed by atoms with E-state index in [0.717, 1.165) is 0 Å². The first-order chi connectivity index (χ1) is 8.18. The lowest BCUT2D eigenvalue weighted by Gasteiger charge is -2.03. The van der Waals surface area contributed by atoms with E-state index in [2.05, 4.69) is 34.6 Å². The van der Waals surface area contributed by atoms with E-state index in [1.807, 2.05) is 56.3 Å². The van der Waals surface area contributed by atoms with Crippen LogP contribution < -0.4 is 0 Å². The van der Waals surface area contributed by atoms with Crippen molar-refractivity contribution in [2.75, 3.05) is 47.6 Å². The van der Waals surface area contributed by atoms with Crippen molar-refractivity contribution in [3.8, 4) is 0 Å². The minimum absolute atomic E-state index is 0. The Bertz CT molecular complexity index is 320. The predicted octanol–water partition coefficient (Wildman–Crippen LogP) is 1.22. The van der Waals surface area contributed by atoms with Gasteiger partial charge in [0.1, 0.15) is 39.1 Å². The summed E-state index contributed by atoms with van der Waals surface area (Å²) in [6.45, 7) is 0. The third kappa shape index (κ3) is 22.5. The first-order valence-electron chi connectivity index (χ1n) is 5.37. The van der Waals surface area contributed by atoms with E-state index in [-0.39, 0.29) is 12.8 Å². The number of carboxylic acid groups (broad SMARTS) is 1. The summed E-state index contributed by atoms with van der Waals surface area (Å²) >= 11 is 2.71. The van der Waals surface area contributed by atoms with Gasteiger partial charge >= 0.3 is 5.97 Å². The van der Waals surface area contributed by atoms with Crippen molar-refractivity contribution in [2.45, 2.75) is 7.43 Å². The molecule has 0 aliphatic heterocycles. The Balaban J connectivity index is -0.000000366. The summed E-state index contributed by atoms with van der Waals surface area (Å²) in [5.41, 5.74) is 1.18. The first-order valence-corrected chi connectivity index (χ1v) is 6.49. The van der Waals surface area contributed by atoms with Crippen molar-refractivity contribution in [2.24, 2.45) is 0 Å². The van der Waals surface area contributed by atoms with Crippen LogP contribution in [0.25, 0.3) is 0 Å².